The van der Waals surface area contributed by atoms with Gasteiger partial charge in [-0.15, -0.1) is 0 Å². The van der Waals surface area contributed by atoms with Crippen molar-refractivity contribution in [1.82, 2.24) is 15.3 Å². The lowest BCUT2D eigenvalue weighted by atomic mass is 9.86. The lowest BCUT2D eigenvalue weighted by Crippen LogP contribution is -2.37. The number of aromatic nitrogens is 2. The Morgan fingerprint density at radius 3 is 2.77 bits per heavy atom. The highest BCUT2D eigenvalue weighted by Gasteiger charge is 2.40. The van der Waals surface area contributed by atoms with Gasteiger partial charge in [0.25, 0.3) is 0 Å². The van der Waals surface area contributed by atoms with Crippen LogP contribution in [0.2, 0.25) is 0 Å². The van der Waals surface area contributed by atoms with Gasteiger partial charge >= 0.3 is 6.01 Å². The first-order chi connectivity index (χ1) is 15.1. The number of methoxy groups -OCH3 is 1. The molecular formula is C23H30N6O2. The molecule has 0 saturated carbocycles. The van der Waals surface area contributed by atoms with Gasteiger partial charge < -0.3 is 30.4 Å². The number of hydrogen-bond donors (Lipinski definition) is 3. The van der Waals surface area contributed by atoms with Gasteiger partial charge in [0, 0.05) is 30.1 Å². The van der Waals surface area contributed by atoms with Gasteiger partial charge in [-0.3, -0.25) is 0 Å². The Labute approximate surface area is 182 Å². The molecule has 8 nitrogen and oxygen atoms in total. The van der Waals surface area contributed by atoms with Gasteiger partial charge in [-0.1, -0.05) is 0 Å². The molecule has 1 aromatic carbocycles. The third kappa shape index (κ3) is 3.97. The second-order valence-electron chi connectivity index (χ2n) is 8.68. The molecule has 8 heteroatoms. The summed E-state index contributed by atoms with van der Waals surface area (Å²) in [5.74, 6) is 2.07. The molecule has 3 aliphatic rings. The van der Waals surface area contributed by atoms with Gasteiger partial charge in [-0.05, 0) is 68.5 Å². The van der Waals surface area contributed by atoms with Crippen molar-refractivity contribution in [1.29, 1.82) is 5.41 Å². The predicted molar refractivity (Wildman–Crippen MR) is 121 cm³/mol. The molecule has 2 aromatic rings. The van der Waals surface area contributed by atoms with E-state index >= 15 is 0 Å². The summed E-state index contributed by atoms with van der Waals surface area (Å²) in [5.41, 5.74) is 4.34. The quantitative estimate of drug-likeness (QED) is 0.616. The molecule has 0 amide bonds. The molecule has 0 aliphatic carbocycles. The van der Waals surface area contributed by atoms with E-state index in [1.54, 1.807) is 7.11 Å². The van der Waals surface area contributed by atoms with Crippen LogP contribution in [0.15, 0.2) is 18.2 Å². The van der Waals surface area contributed by atoms with E-state index in [-0.39, 0.29) is 6.10 Å². The highest BCUT2D eigenvalue weighted by molar-refractivity contribution is 5.88. The average Bonchev–Trinajstić information content (AvgIpc) is 3.44. The van der Waals surface area contributed by atoms with Gasteiger partial charge in [-0.2, -0.15) is 9.97 Å². The SMILES string of the molecule is COc1nc(Nc2cc(C3CCNCC3)c(C)cc2C=N)cc(N2CC3CC2CO3)n1. The molecule has 164 valence electrons. The highest BCUT2D eigenvalue weighted by atomic mass is 16.5. The van der Waals surface area contributed by atoms with E-state index in [9.17, 15) is 0 Å². The number of hydrogen-bond acceptors (Lipinski definition) is 8. The van der Waals surface area contributed by atoms with E-state index in [4.69, 9.17) is 14.9 Å². The van der Waals surface area contributed by atoms with Crippen LogP contribution in [0.25, 0.3) is 0 Å². The fourth-order valence-electron chi connectivity index (χ4n) is 5.08. The number of benzene rings is 1. The summed E-state index contributed by atoms with van der Waals surface area (Å²) >= 11 is 0. The fourth-order valence-corrected chi connectivity index (χ4v) is 5.08. The molecule has 3 fully saturated rings. The minimum atomic E-state index is 0.288. The molecule has 0 radical (unpaired) electrons. The number of nitrogens with zero attached hydrogens (tertiary/aromatic N) is 3. The van der Waals surface area contributed by atoms with Crippen molar-refractivity contribution in [2.45, 2.75) is 44.2 Å². The van der Waals surface area contributed by atoms with Crippen molar-refractivity contribution in [3.05, 3.63) is 34.9 Å². The second-order valence-corrected chi connectivity index (χ2v) is 8.68. The first kappa shape index (κ1) is 20.2. The summed E-state index contributed by atoms with van der Waals surface area (Å²) in [4.78, 5) is 11.4. The molecule has 5 rings (SSSR count). The van der Waals surface area contributed by atoms with Crippen molar-refractivity contribution in [2.24, 2.45) is 0 Å². The zero-order chi connectivity index (χ0) is 21.4. The zero-order valence-corrected chi connectivity index (χ0v) is 18.1. The Kier molecular flexibility index (Phi) is 5.50. The fraction of sp³-hybridized carbons (Fsp3) is 0.522. The first-order valence-electron chi connectivity index (χ1n) is 11.1. The number of nitrogens with one attached hydrogen (secondary N) is 3. The van der Waals surface area contributed by atoms with Crippen LogP contribution in [0.5, 0.6) is 6.01 Å². The molecule has 4 heterocycles. The van der Waals surface area contributed by atoms with Crippen molar-refractivity contribution >= 4 is 23.5 Å². The van der Waals surface area contributed by atoms with Crippen molar-refractivity contribution < 1.29 is 9.47 Å². The molecule has 2 bridgehead atoms. The van der Waals surface area contributed by atoms with Crippen LogP contribution in [0.4, 0.5) is 17.3 Å². The Bertz CT molecular complexity index is 975. The third-order valence-corrected chi connectivity index (χ3v) is 6.70. The molecule has 0 spiro atoms. The minimum absolute atomic E-state index is 0.288. The van der Waals surface area contributed by atoms with E-state index < -0.39 is 0 Å². The van der Waals surface area contributed by atoms with Gasteiger partial charge in [0.2, 0.25) is 0 Å². The number of fused-ring (bicyclic) bond motifs is 2. The predicted octanol–water partition coefficient (Wildman–Crippen LogP) is 2.98. The maximum absolute atomic E-state index is 7.92. The van der Waals surface area contributed by atoms with Crippen molar-refractivity contribution in [3.8, 4) is 6.01 Å². The Hall–Kier alpha value is -2.71. The smallest absolute Gasteiger partial charge is 0.320 e. The number of rotatable bonds is 6. The summed E-state index contributed by atoms with van der Waals surface area (Å²) < 4.78 is 11.1. The van der Waals surface area contributed by atoms with Gasteiger partial charge in [-0.25, -0.2) is 0 Å². The van der Waals surface area contributed by atoms with Crippen molar-refractivity contribution in [3.63, 3.8) is 0 Å². The summed E-state index contributed by atoms with van der Waals surface area (Å²) in [6, 6.07) is 6.97. The Morgan fingerprint density at radius 2 is 2.10 bits per heavy atom. The second kappa shape index (κ2) is 8.43. The normalized spacial score (nSPS) is 23.2. The molecule has 31 heavy (non-hydrogen) atoms. The first-order valence-corrected chi connectivity index (χ1v) is 11.1. The third-order valence-electron chi connectivity index (χ3n) is 6.70. The van der Waals surface area contributed by atoms with Crippen LogP contribution in [0.1, 0.15) is 41.9 Å². The Balaban J connectivity index is 1.47. The van der Waals surface area contributed by atoms with Crippen LogP contribution in [-0.2, 0) is 4.74 Å². The van der Waals surface area contributed by atoms with Crippen LogP contribution < -0.4 is 20.3 Å². The number of aryl methyl sites for hydroxylation is 1. The summed E-state index contributed by atoms with van der Waals surface area (Å²) in [7, 11) is 1.59. The standard InChI is InChI=1S/C23H30N6O2/c1-14-7-16(11-24)20(9-19(14)15-3-5-25-6-4-15)26-21-10-22(28-23(27-21)30-2)29-12-18-8-17(29)13-31-18/h7,9-11,15,17-18,24-25H,3-6,8,12-13H2,1-2H3,(H,26,27,28). The topological polar surface area (TPSA) is 95.4 Å². The van der Waals surface area contributed by atoms with E-state index in [1.807, 2.05) is 6.07 Å². The maximum Gasteiger partial charge on any atom is 0.320 e. The molecule has 1 aromatic heterocycles. The van der Waals surface area contributed by atoms with E-state index in [0.717, 1.165) is 62.6 Å². The van der Waals surface area contributed by atoms with E-state index in [2.05, 4.69) is 44.6 Å². The molecular weight excluding hydrogens is 392 g/mol. The van der Waals surface area contributed by atoms with Gasteiger partial charge in [0.1, 0.15) is 11.6 Å². The number of morpholine rings is 1. The average molecular weight is 423 g/mol. The minimum Gasteiger partial charge on any atom is -0.467 e. The number of piperidine rings is 1. The molecule has 3 aliphatic heterocycles. The molecule has 3 saturated heterocycles. The van der Waals surface area contributed by atoms with E-state index in [1.165, 1.54) is 17.3 Å². The molecule has 2 atom stereocenters. The van der Waals surface area contributed by atoms with Crippen LogP contribution >= 0.6 is 0 Å². The summed E-state index contributed by atoms with van der Waals surface area (Å²) in [6.45, 7) is 5.83. The lowest BCUT2D eigenvalue weighted by Gasteiger charge is -2.28. The van der Waals surface area contributed by atoms with E-state index in [0.29, 0.717) is 23.8 Å². The monoisotopic (exact) mass is 422 g/mol. The van der Waals surface area contributed by atoms with Gasteiger partial charge in [0.05, 0.1) is 25.9 Å². The maximum atomic E-state index is 7.92. The zero-order valence-electron chi connectivity index (χ0n) is 18.1. The van der Waals surface area contributed by atoms with Crippen LogP contribution in [0, 0.1) is 12.3 Å². The molecule has 3 N–H and O–H groups in total. The lowest BCUT2D eigenvalue weighted by molar-refractivity contribution is 0.0988. The molecule has 2 unspecified atom stereocenters. The number of ether oxygens (including phenoxy) is 2. The largest absolute Gasteiger partial charge is 0.467 e. The van der Waals surface area contributed by atoms with Crippen LogP contribution in [0.3, 0.4) is 0 Å². The van der Waals surface area contributed by atoms with Crippen molar-refractivity contribution in [2.75, 3.05) is 43.6 Å². The van der Waals surface area contributed by atoms with Crippen LogP contribution in [-0.4, -0.2) is 61.7 Å². The summed E-state index contributed by atoms with van der Waals surface area (Å²) in [5, 5.41) is 14.8. The highest BCUT2D eigenvalue weighted by Crippen LogP contribution is 2.35. The van der Waals surface area contributed by atoms with Gasteiger partial charge in [0.15, 0.2) is 0 Å². The number of anilines is 3. The summed E-state index contributed by atoms with van der Waals surface area (Å²) in [6.07, 6.45) is 5.00. The Morgan fingerprint density at radius 1 is 1.26 bits per heavy atom.